The van der Waals surface area contributed by atoms with E-state index < -0.39 is 0 Å². The van der Waals surface area contributed by atoms with Gasteiger partial charge in [0, 0.05) is 0 Å². The van der Waals surface area contributed by atoms with Crippen molar-refractivity contribution >= 4 is 0 Å². The molecule has 57 valence electrons. The van der Waals surface area contributed by atoms with Crippen LogP contribution in [-0.4, -0.2) is 0 Å². The maximum absolute atomic E-state index is 2.38. The molecule has 0 nitrogen and oxygen atoms in total. The molecule has 1 fully saturated rings. The van der Waals surface area contributed by atoms with Gasteiger partial charge in [-0.1, -0.05) is 0 Å². The van der Waals surface area contributed by atoms with Gasteiger partial charge in [-0.25, -0.2) is 0 Å². The molecule has 1 heteroatoms. The molecule has 0 heterocycles. The van der Waals surface area contributed by atoms with E-state index in [0.29, 0.717) is 0 Å². The van der Waals surface area contributed by atoms with E-state index in [0.717, 1.165) is 22.0 Å². The van der Waals surface area contributed by atoms with Crippen molar-refractivity contribution < 1.29 is 20.4 Å². The summed E-state index contributed by atoms with van der Waals surface area (Å²) in [6.45, 7) is 4.74. The summed E-state index contributed by atoms with van der Waals surface area (Å²) in [7, 11) is 0. The molecule has 0 aromatic heterocycles. The minimum absolute atomic E-state index is 0.778. The van der Waals surface area contributed by atoms with E-state index in [-0.39, 0.29) is 0 Å². The van der Waals surface area contributed by atoms with E-state index in [2.05, 4.69) is 52.5 Å². The van der Waals surface area contributed by atoms with Gasteiger partial charge < -0.3 is 0 Å². The average Bonchev–Trinajstić information content (AvgIpc) is 2.53. The Morgan fingerprint density at radius 2 is 2.09 bits per heavy atom. The predicted octanol–water partition coefficient (Wildman–Crippen LogP) is 2.72. The van der Waals surface area contributed by atoms with Crippen molar-refractivity contribution in [1.29, 1.82) is 0 Å². The summed E-state index contributed by atoms with van der Waals surface area (Å²) >= 11 is 2.38. The topological polar surface area (TPSA) is 0 Å². The number of hydrogen-bond donors (Lipinski definition) is 0. The van der Waals surface area contributed by atoms with Gasteiger partial charge in [0.15, 0.2) is 0 Å². The molecule has 0 aliphatic heterocycles. The molecular weight excluding hydrogens is 168 g/mol. The van der Waals surface area contributed by atoms with E-state index in [1.807, 2.05) is 0 Å². The number of hydrogen-bond acceptors (Lipinski definition) is 0. The first kappa shape index (κ1) is 7.82. The summed E-state index contributed by atoms with van der Waals surface area (Å²) in [4.78, 5) is 0. The number of rotatable bonds is 0. The zero-order valence-corrected chi connectivity index (χ0v) is 8.60. The van der Waals surface area contributed by atoms with Crippen LogP contribution in [0.1, 0.15) is 13.8 Å². The van der Waals surface area contributed by atoms with Crippen molar-refractivity contribution in [1.82, 2.24) is 0 Å². The molecule has 0 aromatic carbocycles. The maximum atomic E-state index is 2.38. The Morgan fingerprint density at radius 1 is 1.36 bits per heavy atom. The Bertz CT molecular complexity index is 227. The zero-order chi connectivity index (χ0) is 8.01. The molecule has 0 N–H and O–H groups in total. The SMILES string of the molecule is CC1C2=CC=CC2C(C)[CH]1[Ti]. The summed E-state index contributed by atoms with van der Waals surface area (Å²) in [5, 5.41) is 0. The Kier molecular flexibility index (Phi) is 1.85. The van der Waals surface area contributed by atoms with Crippen LogP contribution in [0.15, 0.2) is 23.8 Å². The molecule has 4 atom stereocenters. The van der Waals surface area contributed by atoms with E-state index in [9.17, 15) is 0 Å². The molecule has 0 bridgehead atoms. The van der Waals surface area contributed by atoms with Crippen LogP contribution in [0.2, 0.25) is 4.22 Å². The van der Waals surface area contributed by atoms with Crippen LogP contribution in [0.25, 0.3) is 0 Å². The van der Waals surface area contributed by atoms with Crippen molar-refractivity contribution in [3.63, 3.8) is 0 Å². The second-order valence-corrected chi connectivity index (χ2v) is 4.79. The summed E-state index contributed by atoms with van der Waals surface area (Å²) < 4.78 is 0.871. The summed E-state index contributed by atoms with van der Waals surface area (Å²) in [6.07, 6.45) is 6.90. The van der Waals surface area contributed by atoms with Crippen molar-refractivity contribution in [2.75, 3.05) is 0 Å². The van der Waals surface area contributed by atoms with Crippen LogP contribution >= 0.6 is 0 Å². The van der Waals surface area contributed by atoms with E-state index in [1.54, 1.807) is 5.57 Å². The standard InChI is InChI=1S/C10H13.Ti/c1-7-6-8(2)10-5-3-4-9(7)10;/h3-9H,1-2H3;. The summed E-state index contributed by atoms with van der Waals surface area (Å²) in [6, 6.07) is 0. The van der Waals surface area contributed by atoms with E-state index in [4.69, 9.17) is 0 Å². The van der Waals surface area contributed by atoms with Crippen LogP contribution in [0.4, 0.5) is 0 Å². The molecular formula is C10H13Ti. The van der Waals surface area contributed by atoms with Gasteiger partial charge in [0.1, 0.15) is 0 Å². The third kappa shape index (κ3) is 0.998. The summed E-state index contributed by atoms with van der Waals surface area (Å²) in [5.74, 6) is 2.44. The van der Waals surface area contributed by atoms with Crippen LogP contribution in [0, 0.1) is 17.8 Å². The normalized spacial score (nSPS) is 47.5. The van der Waals surface area contributed by atoms with Crippen molar-refractivity contribution in [3.05, 3.63) is 23.8 Å². The molecule has 2 aliphatic rings. The van der Waals surface area contributed by atoms with Crippen molar-refractivity contribution in [2.45, 2.75) is 18.1 Å². The second kappa shape index (κ2) is 2.60. The fourth-order valence-corrected chi connectivity index (χ4v) is 2.95. The zero-order valence-electron chi connectivity index (χ0n) is 7.04. The molecule has 0 saturated heterocycles. The van der Waals surface area contributed by atoms with Crippen LogP contribution in [0.5, 0.6) is 0 Å². The second-order valence-electron chi connectivity index (χ2n) is 3.75. The molecule has 2 aliphatic carbocycles. The first-order chi connectivity index (χ1) is 5.22. The minimum atomic E-state index is 0.778. The van der Waals surface area contributed by atoms with Gasteiger partial charge in [0.25, 0.3) is 0 Å². The summed E-state index contributed by atoms with van der Waals surface area (Å²) in [5.41, 5.74) is 1.67. The first-order valence-corrected chi connectivity index (χ1v) is 5.21. The fraction of sp³-hybridized carbons (Fsp3) is 0.600. The quantitative estimate of drug-likeness (QED) is 0.504. The molecule has 4 unspecified atom stereocenters. The Hall–Kier alpha value is 0.194. The van der Waals surface area contributed by atoms with Gasteiger partial charge in [-0.15, -0.1) is 0 Å². The van der Waals surface area contributed by atoms with Gasteiger partial charge >= 0.3 is 80.1 Å². The molecule has 0 radical (unpaired) electrons. The Morgan fingerprint density at radius 3 is 2.73 bits per heavy atom. The van der Waals surface area contributed by atoms with Crippen molar-refractivity contribution in [3.8, 4) is 0 Å². The van der Waals surface area contributed by atoms with E-state index >= 15 is 0 Å². The predicted molar refractivity (Wildman–Crippen MR) is 42.8 cm³/mol. The Balaban J connectivity index is 2.32. The van der Waals surface area contributed by atoms with Crippen molar-refractivity contribution in [2.24, 2.45) is 17.8 Å². The first-order valence-electron chi connectivity index (χ1n) is 4.31. The molecule has 11 heavy (non-hydrogen) atoms. The number of allylic oxidation sites excluding steroid dienone is 4. The van der Waals surface area contributed by atoms with Crippen LogP contribution < -0.4 is 0 Å². The monoisotopic (exact) mass is 181 g/mol. The van der Waals surface area contributed by atoms with Gasteiger partial charge in [0.05, 0.1) is 0 Å². The number of fused-ring (bicyclic) bond motifs is 1. The molecule has 2 rings (SSSR count). The van der Waals surface area contributed by atoms with E-state index in [1.165, 1.54) is 0 Å². The Labute approximate surface area is 80.2 Å². The molecule has 0 aromatic rings. The third-order valence-corrected chi connectivity index (χ3v) is 4.79. The van der Waals surface area contributed by atoms with Gasteiger partial charge in [-0.05, 0) is 0 Å². The van der Waals surface area contributed by atoms with Gasteiger partial charge in [-0.2, -0.15) is 0 Å². The molecule has 0 amide bonds. The molecule has 1 saturated carbocycles. The van der Waals surface area contributed by atoms with Gasteiger partial charge in [-0.3, -0.25) is 0 Å². The molecule has 0 spiro atoms. The average molecular weight is 181 g/mol. The van der Waals surface area contributed by atoms with Crippen LogP contribution in [-0.2, 0) is 20.4 Å². The fourth-order valence-electron chi connectivity index (χ4n) is 2.33. The van der Waals surface area contributed by atoms with Crippen LogP contribution in [0.3, 0.4) is 0 Å². The third-order valence-electron chi connectivity index (χ3n) is 3.19. The van der Waals surface area contributed by atoms with Gasteiger partial charge in [0.2, 0.25) is 0 Å².